The van der Waals surface area contributed by atoms with E-state index >= 15 is 0 Å². The maximum atomic E-state index is 13.1. The van der Waals surface area contributed by atoms with Gasteiger partial charge in [0.1, 0.15) is 24.2 Å². The van der Waals surface area contributed by atoms with E-state index < -0.39 is 6.04 Å². The molecule has 0 unspecified atom stereocenters. The van der Waals surface area contributed by atoms with Crippen molar-refractivity contribution in [3.63, 3.8) is 0 Å². The number of rotatable bonds is 6. The quantitative estimate of drug-likeness (QED) is 0.876. The normalized spacial score (nSPS) is 11.5. The predicted molar refractivity (Wildman–Crippen MR) is 92.8 cm³/mol. The number of hydrogen-bond donors (Lipinski definition) is 1. The smallest absolute Gasteiger partial charge is 0.251 e. The van der Waals surface area contributed by atoms with E-state index in [4.69, 9.17) is 4.74 Å². The number of benzene rings is 2. The first-order valence-electron chi connectivity index (χ1n) is 7.86. The molecule has 0 aliphatic carbocycles. The number of amides is 2. The molecule has 0 fully saturated rings. The summed E-state index contributed by atoms with van der Waals surface area (Å²) in [7, 11) is 3.27. The zero-order valence-corrected chi connectivity index (χ0v) is 14.5. The predicted octanol–water partition coefficient (Wildman–Crippen LogP) is 2.61. The lowest BCUT2D eigenvalue weighted by atomic mass is 10.1. The summed E-state index contributed by atoms with van der Waals surface area (Å²) in [4.78, 5) is 25.5. The van der Waals surface area contributed by atoms with Gasteiger partial charge in [-0.2, -0.15) is 0 Å². The molecule has 2 amide bonds. The van der Waals surface area contributed by atoms with Gasteiger partial charge in [0.05, 0.1) is 0 Å². The Hall–Kier alpha value is -2.89. The fourth-order valence-corrected chi connectivity index (χ4v) is 2.25. The Balaban J connectivity index is 2.00. The number of halogens is 1. The van der Waals surface area contributed by atoms with Crippen LogP contribution >= 0.6 is 0 Å². The van der Waals surface area contributed by atoms with E-state index in [1.54, 1.807) is 51.4 Å². The summed E-state index contributed by atoms with van der Waals surface area (Å²) in [6.45, 7) is 1.84. The minimum Gasteiger partial charge on any atom is -0.489 e. The molecular formula is C19H21FN2O3. The third kappa shape index (κ3) is 5.31. The number of nitrogens with one attached hydrogen (secondary N) is 1. The average Bonchev–Trinajstić information content (AvgIpc) is 2.59. The van der Waals surface area contributed by atoms with E-state index in [1.807, 2.05) is 6.07 Å². The fraction of sp³-hybridized carbons (Fsp3) is 0.263. The van der Waals surface area contributed by atoms with Crippen molar-refractivity contribution in [1.82, 2.24) is 10.2 Å². The van der Waals surface area contributed by atoms with Crippen LogP contribution in [0.4, 0.5) is 4.39 Å². The van der Waals surface area contributed by atoms with Crippen molar-refractivity contribution >= 4 is 11.8 Å². The van der Waals surface area contributed by atoms with Gasteiger partial charge in [-0.15, -0.1) is 0 Å². The topological polar surface area (TPSA) is 58.6 Å². The van der Waals surface area contributed by atoms with Crippen LogP contribution in [0.1, 0.15) is 22.8 Å². The number of carbonyl (C=O) groups is 2. The van der Waals surface area contributed by atoms with Gasteiger partial charge in [0.25, 0.3) is 5.91 Å². The molecule has 0 saturated heterocycles. The summed E-state index contributed by atoms with van der Waals surface area (Å²) < 4.78 is 18.7. The first kappa shape index (κ1) is 18.4. The molecule has 6 heteroatoms. The molecule has 0 aliphatic heterocycles. The molecule has 25 heavy (non-hydrogen) atoms. The first-order valence-corrected chi connectivity index (χ1v) is 7.86. The highest BCUT2D eigenvalue weighted by molar-refractivity contribution is 5.97. The van der Waals surface area contributed by atoms with E-state index in [0.717, 1.165) is 5.56 Å². The Morgan fingerprint density at radius 3 is 2.56 bits per heavy atom. The van der Waals surface area contributed by atoms with Gasteiger partial charge in [0, 0.05) is 25.7 Å². The molecule has 0 heterocycles. The molecule has 0 radical (unpaired) electrons. The summed E-state index contributed by atoms with van der Waals surface area (Å²) in [6.07, 6.45) is 0. The lowest BCUT2D eigenvalue weighted by Crippen LogP contribution is -2.44. The molecule has 2 aromatic rings. The molecule has 0 spiro atoms. The molecule has 0 bridgehead atoms. The van der Waals surface area contributed by atoms with Crippen molar-refractivity contribution in [2.75, 3.05) is 14.1 Å². The summed E-state index contributed by atoms with van der Waals surface area (Å²) in [5, 5.41) is 2.67. The average molecular weight is 344 g/mol. The molecule has 5 nitrogen and oxygen atoms in total. The molecule has 132 valence electrons. The van der Waals surface area contributed by atoms with Gasteiger partial charge in [-0.25, -0.2) is 4.39 Å². The van der Waals surface area contributed by atoms with E-state index in [2.05, 4.69) is 5.32 Å². The van der Waals surface area contributed by atoms with Crippen molar-refractivity contribution < 1.29 is 18.7 Å². The Morgan fingerprint density at radius 2 is 1.88 bits per heavy atom. The summed E-state index contributed by atoms with van der Waals surface area (Å²) >= 11 is 0. The van der Waals surface area contributed by atoms with Crippen LogP contribution in [0.15, 0.2) is 48.5 Å². The summed E-state index contributed by atoms with van der Waals surface area (Å²) in [5.41, 5.74) is 1.20. The Labute approximate surface area is 146 Å². The zero-order valence-electron chi connectivity index (χ0n) is 14.5. The molecule has 0 saturated carbocycles. The van der Waals surface area contributed by atoms with Crippen molar-refractivity contribution in [3.8, 4) is 5.75 Å². The van der Waals surface area contributed by atoms with Crippen LogP contribution in [0.2, 0.25) is 0 Å². The van der Waals surface area contributed by atoms with Crippen LogP contribution in [-0.2, 0) is 11.4 Å². The summed E-state index contributed by atoms with van der Waals surface area (Å²) in [5.74, 6) is -0.473. The molecule has 1 atom stereocenters. The Bertz CT molecular complexity index is 762. The van der Waals surface area contributed by atoms with Crippen molar-refractivity contribution in [3.05, 3.63) is 65.5 Å². The van der Waals surface area contributed by atoms with Crippen molar-refractivity contribution in [2.45, 2.75) is 19.6 Å². The van der Waals surface area contributed by atoms with Crippen LogP contribution < -0.4 is 10.1 Å². The lowest BCUT2D eigenvalue weighted by Gasteiger charge is -2.18. The van der Waals surface area contributed by atoms with E-state index in [1.165, 1.54) is 17.0 Å². The van der Waals surface area contributed by atoms with Crippen LogP contribution in [0, 0.1) is 5.82 Å². The maximum Gasteiger partial charge on any atom is 0.251 e. The number of likely N-dealkylation sites (N-methyl/N-ethyl adjacent to an activating group) is 1. The second kappa shape index (κ2) is 8.28. The Morgan fingerprint density at radius 1 is 1.16 bits per heavy atom. The fourth-order valence-electron chi connectivity index (χ4n) is 2.25. The molecular weight excluding hydrogens is 323 g/mol. The number of ether oxygens (including phenoxy) is 1. The summed E-state index contributed by atoms with van der Waals surface area (Å²) in [6, 6.07) is 12.1. The molecule has 0 aromatic heterocycles. The highest BCUT2D eigenvalue weighted by Crippen LogP contribution is 2.15. The minimum atomic E-state index is -0.616. The van der Waals surface area contributed by atoms with Gasteiger partial charge in [-0.05, 0) is 36.8 Å². The maximum absolute atomic E-state index is 13.1. The van der Waals surface area contributed by atoms with Crippen molar-refractivity contribution in [2.24, 2.45) is 0 Å². The zero-order chi connectivity index (χ0) is 18.4. The second-order valence-electron chi connectivity index (χ2n) is 5.87. The van der Waals surface area contributed by atoms with Crippen LogP contribution in [0.25, 0.3) is 0 Å². The van der Waals surface area contributed by atoms with Crippen LogP contribution in [-0.4, -0.2) is 36.9 Å². The van der Waals surface area contributed by atoms with Gasteiger partial charge in [0.2, 0.25) is 5.91 Å². The van der Waals surface area contributed by atoms with E-state index in [-0.39, 0.29) is 24.2 Å². The minimum absolute atomic E-state index is 0.182. The molecule has 2 rings (SSSR count). The van der Waals surface area contributed by atoms with Gasteiger partial charge < -0.3 is 15.0 Å². The number of hydrogen-bond acceptors (Lipinski definition) is 3. The molecule has 2 aromatic carbocycles. The largest absolute Gasteiger partial charge is 0.489 e. The number of carbonyl (C=O) groups excluding carboxylic acids is 2. The molecule has 0 aliphatic rings. The third-order valence-electron chi connectivity index (χ3n) is 3.55. The highest BCUT2D eigenvalue weighted by Gasteiger charge is 2.18. The van der Waals surface area contributed by atoms with Gasteiger partial charge in [0.15, 0.2) is 0 Å². The van der Waals surface area contributed by atoms with Crippen LogP contribution in [0.3, 0.4) is 0 Å². The first-order chi connectivity index (χ1) is 11.9. The monoisotopic (exact) mass is 344 g/mol. The SMILES string of the molecule is C[C@H](NC(=O)c1cccc(COc2cccc(F)c2)c1)C(=O)N(C)C. The third-order valence-corrected chi connectivity index (χ3v) is 3.55. The van der Waals surface area contributed by atoms with Crippen LogP contribution in [0.5, 0.6) is 5.75 Å². The van der Waals surface area contributed by atoms with Crippen molar-refractivity contribution in [1.29, 1.82) is 0 Å². The second-order valence-corrected chi connectivity index (χ2v) is 5.87. The lowest BCUT2D eigenvalue weighted by molar-refractivity contribution is -0.130. The Kier molecular flexibility index (Phi) is 6.11. The van der Waals surface area contributed by atoms with E-state index in [0.29, 0.717) is 11.3 Å². The van der Waals surface area contributed by atoms with E-state index in [9.17, 15) is 14.0 Å². The highest BCUT2D eigenvalue weighted by atomic mass is 19.1. The molecule has 1 N–H and O–H groups in total. The number of nitrogens with zero attached hydrogens (tertiary/aromatic N) is 1. The van der Waals surface area contributed by atoms with Gasteiger partial charge >= 0.3 is 0 Å². The standard InChI is InChI=1S/C19H21FN2O3/c1-13(19(24)22(2)3)21-18(23)15-7-4-6-14(10-15)12-25-17-9-5-8-16(20)11-17/h4-11,13H,12H2,1-3H3,(H,21,23)/t13-/m0/s1. The van der Waals surface area contributed by atoms with Gasteiger partial charge in [-0.1, -0.05) is 18.2 Å². The van der Waals surface area contributed by atoms with Gasteiger partial charge in [-0.3, -0.25) is 9.59 Å².